The molecule has 1 aromatic carbocycles. The number of tetrazole rings is 1. The summed E-state index contributed by atoms with van der Waals surface area (Å²) in [7, 11) is 0. The van der Waals surface area contributed by atoms with Gasteiger partial charge in [0, 0.05) is 25.0 Å². The number of nitro benzene ring substituents is 1. The summed E-state index contributed by atoms with van der Waals surface area (Å²) in [4.78, 5) is 11.9. The summed E-state index contributed by atoms with van der Waals surface area (Å²) >= 11 is 0. The smallest absolute Gasteiger partial charge is 0.271 e. The number of benzene rings is 1. The molecular formula is C12H15N6O2+. The number of aromatic nitrogens is 4. The van der Waals surface area contributed by atoms with Crippen LogP contribution in [-0.2, 0) is 6.54 Å². The fourth-order valence-corrected chi connectivity index (χ4v) is 2.53. The maximum Gasteiger partial charge on any atom is 0.271 e. The number of quaternary nitrogens is 1. The Morgan fingerprint density at radius 2 is 2.15 bits per heavy atom. The number of nitrogens with one attached hydrogen (secondary N) is 1. The van der Waals surface area contributed by atoms with Crippen molar-refractivity contribution in [2.45, 2.75) is 19.4 Å². The van der Waals surface area contributed by atoms with Crippen LogP contribution < -0.4 is 4.90 Å². The number of non-ortho nitro benzene ring substituents is 1. The Kier molecular flexibility index (Phi) is 3.38. The van der Waals surface area contributed by atoms with Crippen LogP contribution in [0.3, 0.4) is 0 Å². The summed E-state index contributed by atoms with van der Waals surface area (Å²) in [5.41, 5.74) is 0.662. The van der Waals surface area contributed by atoms with E-state index in [2.05, 4.69) is 15.5 Å². The van der Waals surface area contributed by atoms with Gasteiger partial charge >= 0.3 is 0 Å². The molecule has 1 fully saturated rings. The Hall–Kier alpha value is -2.35. The maximum absolute atomic E-state index is 10.8. The standard InChI is InChI=1S/C12H14N6O2/c19-18(20)11-5-3-4-10(8-11)17-12(13-14-15-17)9-16-6-1-2-7-16/h3-5,8H,1-2,6-7,9H2/p+1. The highest BCUT2D eigenvalue weighted by Gasteiger charge is 2.20. The molecule has 0 atom stereocenters. The zero-order valence-corrected chi connectivity index (χ0v) is 10.9. The minimum atomic E-state index is -0.417. The number of hydrogen-bond acceptors (Lipinski definition) is 5. The average Bonchev–Trinajstić information content (AvgIpc) is 3.11. The highest BCUT2D eigenvalue weighted by molar-refractivity contribution is 5.42. The fraction of sp³-hybridized carbons (Fsp3) is 0.417. The van der Waals surface area contributed by atoms with Crippen LogP contribution in [0.4, 0.5) is 5.69 Å². The number of rotatable bonds is 4. The Morgan fingerprint density at radius 1 is 1.35 bits per heavy atom. The second kappa shape index (κ2) is 5.33. The van der Waals surface area contributed by atoms with Crippen molar-refractivity contribution in [2.24, 2.45) is 0 Å². The van der Waals surface area contributed by atoms with E-state index in [0.29, 0.717) is 5.69 Å². The first-order valence-corrected chi connectivity index (χ1v) is 6.60. The second-order valence-corrected chi connectivity index (χ2v) is 4.92. The van der Waals surface area contributed by atoms with Gasteiger partial charge in [-0.05, 0) is 16.5 Å². The minimum absolute atomic E-state index is 0.0393. The summed E-state index contributed by atoms with van der Waals surface area (Å²) in [5.74, 6) is 0.738. The molecule has 2 heterocycles. The van der Waals surface area contributed by atoms with Crippen LogP contribution in [-0.4, -0.2) is 38.2 Å². The molecule has 1 saturated heterocycles. The summed E-state index contributed by atoms with van der Waals surface area (Å²) in [6.07, 6.45) is 2.46. The third-order valence-corrected chi connectivity index (χ3v) is 3.54. The van der Waals surface area contributed by atoms with E-state index in [4.69, 9.17) is 0 Å². The van der Waals surface area contributed by atoms with Gasteiger partial charge in [-0.2, -0.15) is 4.68 Å². The molecule has 2 aromatic rings. The topological polar surface area (TPSA) is 91.2 Å². The van der Waals surface area contributed by atoms with Crippen molar-refractivity contribution < 1.29 is 9.82 Å². The molecule has 1 N–H and O–H groups in total. The van der Waals surface area contributed by atoms with E-state index in [-0.39, 0.29) is 5.69 Å². The van der Waals surface area contributed by atoms with Crippen molar-refractivity contribution in [3.8, 4) is 5.69 Å². The first kappa shape index (κ1) is 12.7. The predicted octanol–water partition coefficient (Wildman–Crippen LogP) is -0.251. The maximum atomic E-state index is 10.8. The third kappa shape index (κ3) is 2.50. The first-order chi connectivity index (χ1) is 9.74. The lowest BCUT2D eigenvalue weighted by Gasteiger charge is -2.11. The van der Waals surface area contributed by atoms with Crippen LogP contribution in [0.5, 0.6) is 0 Å². The lowest BCUT2D eigenvalue weighted by Crippen LogP contribution is -3.08. The Morgan fingerprint density at radius 3 is 2.90 bits per heavy atom. The van der Waals surface area contributed by atoms with Crippen LogP contribution in [0, 0.1) is 10.1 Å². The molecule has 0 spiro atoms. The summed E-state index contributed by atoms with van der Waals surface area (Å²) in [6.45, 7) is 3.00. The van der Waals surface area contributed by atoms with Crippen molar-refractivity contribution in [1.29, 1.82) is 0 Å². The monoisotopic (exact) mass is 275 g/mol. The zero-order chi connectivity index (χ0) is 13.9. The quantitative estimate of drug-likeness (QED) is 0.613. The molecule has 0 bridgehead atoms. The summed E-state index contributed by atoms with van der Waals surface area (Å²) in [5, 5.41) is 22.5. The number of hydrogen-bond donors (Lipinski definition) is 1. The van der Waals surface area contributed by atoms with E-state index in [9.17, 15) is 10.1 Å². The molecule has 3 rings (SSSR count). The number of nitrogens with zero attached hydrogens (tertiary/aromatic N) is 5. The van der Waals surface area contributed by atoms with Crippen LogP contribution >= 0.6 is 0 Å². The molecule has 20 heavy (non-hydrogen) atoms. The molecule has 0 amide bonds. The van der Waals surface area contributed by atoms with E-state index in [1.807, 2.05) is 0 Å². The molecule has 8 nitrogen and oxygen atoms in total. The second-order valence-electron chi connectivity index (χ2n) is 4.92. The van der Waals surface area contributed by atoms with Gasteiger partial charge in [0.15, 0.2) is 0 Å². The van der Waals surface area contributed by atoms with Crippen LogP contribution in [0.1, 0.15) is 18.7 Å². The van der Waals surface area contributed by atoms with Crippen molar-refractivity contribution >= 4 is 5.69 Å². The van der Waals surface area contributed by atoms with E-state index in [1.54, 1.807) is 16.8 Å². The Labute approximate surface area is 115 Å². The van der Waals surface area contributed by atoms with E-state index in [1.165, 1.54) is 29.9 Å². The minimum Gasteiger partial charge on any atom is -0.329 e. The molecule has 1 aliphatic heterocycles. The number of nitro groups is 1. The molecule has 104 valence electrons. The summed E-state index contributed by atoms with van der Waals surface area (Å²) < 4.78 is 1.58. The molecule has 0 saturated carbocycles. The predicted molar refractivity (Wildman–Crippen MR) is 69.4 cm³/mol. The SMILES string of the molecule is O=[N+]([O-])c1cccc(-n2nnnc2C[NH+]2CCCC2)c1. The van der Waals surface area contributed by atoms with Crippen molar-refractivity contribution in [2.75, 3.05) is 13.1 Å². The molecule has 8 heteroatoms. The molecule has 0 unspecified atom stereocenters. The van der Waals surface area contributed by atoms with Gasteiger partial charge in [0.05, 0.1) is 23.7 Å². The first-order valence-electron chi connectivity index (χ1n) is 6.60. The molecule has 0 radical (unpaired) electrons. The van der Waals surface area contributed by atoms with Crippen molar-refractivity contribution in [3.63, 3.8) is 0 Å². The van der Waals surface area contributed by atoms with E-state index in [0.717, 1.165) is 25.5 Å². The highest BCUT2D eigenvalue weighted by Crippen LogP contribution is 2.16. The zero-order valence-electron chi connectivity index (χ0n) is 10.9. The fourth-order valence-electron chi connectivity index (χ4n) is 2.53. The lowest BCUT2D eigenvalue weighted by molar-refractivity contribution is -0.902. The van der Waals surface area contributed by atoms with E-state index < -0.39 is 4.92 Å². The highest BCUT2D eigenvalue weighted by atomic mass is 16.6. The van der Waals surface area contributed by atoms with E-state index >= 15 is 0 Å². The normalized spacial score (nSPS) is 15.6. The van der Waals surface area contributed by atoms with Gasteiger partial charge in [-0.1, -0.05) is 6.07 Å². The average molecular weight is 275 g/mol. The van der Waals surface area contributed by atoms with Gasteiger partial charge in [0.1, 0.15) is 6.54 Å². The molecule has 1 aromatic heterocycles. The molecule has 1 aliphatic rings. The molecule has 0 aliphatic carbocycles. The third-order valence-electron chi connectivity index (χ3n) is 3.54. The van der Waals surface area contributed by atoms with Crippen LogP contribution in [0.2, 0.25) is 0 Å². The van der Waals surface area contributed by atoms with Gasteiger partial charge in [-0.3, -0.25) is 10.1 Å². The van der Waals surface area contributed by atoms with Gasteiger partial charge in [-0.25, -0.2) is 0 Å². The summed E-state index contributed by atoms with van der Waals surface area (Å²) in [6, 6.07) is 6.35. The largest absolute Gasteiger partial charge is 0.329 e. The van der Waals surface area contributed by atoms with Crippen molar-refractivity contribution in [3.05, 3.63) is 40.2 Å². The Balaban J connectivity index is 1.88. The van der Waals surface area contributed by atoms with Gasteiger partial charge < -0.3 is 4.90 Å². The van der Waals surface area contributed by atoms with Crippen LogP contribution in [0.15, 0.2) is 24.3 Å². The van der Waals surface area contributed by atoms with Crippen LogP contribution in [0.25, 0.3) is 5.69 Å². The van der Waals surface area contributed by atoms with Gasteiger partial charge in [-0.15, -0.1) is 5.10 Å². The number of likely N-dealkylation sites (tertiary alicyclic amines) is 1. The van der Waals surface area contributed by atoms with Gasteiger partial charge in [0.2, 0.25) is 5.82 Å². The lowest BCUT2D eigenvalue weighted by atomic mass is 10.3. The Bertz CT molecular complexity index is 620. The van der Waals surface area contributed by atoms with Crippen molar-refractivity contribution in [1.82, 2.24) is 20.2 Å². The van der Waals surface area contributed by atoms with Gasteiger partial charge in [0.25, 0.3) is 5.69 Å². The molecular weight excluding hydrogens is 260 g/mol.